The first-order valence-electron chi connectivity index (χ1n) is 5.25. The minimum atomic E-state index is -3.05. The van der Waals surface area contributed by atoms with E-state index in [0.717, 1.165) is 17.7 Å². The van der Waals surface area contributed by atoms with Crippen molar-refractivity contribution in [3.63, 3.8) is 0 Å². The molecule has 0 radical (unpaired) electrons. The van der Waals surface area contributed by atoms with Crippen LogP contribution in [0.25, 0.3) is 0 Å². The van der Waals surface area contributed by atoms with Crippen LogP contribution in [0, 0.1) is 0 Å². The van der Waals surface area contributed by atoms with Crippen LogP contribution in [0.1, 0.15) is 25.7 Å². The third kappa shape index (κ3) is 3.14. The molecule has 1 atom stereocenters. The van der Waals surface area contributed by atoms with E-state index in [-0.39, 0.29) is 18.2 Å². The van der Waals surface area contributed by atoms with Gasteiger partial charge in [0.15, 0.2) is 5.78 Å². The molecule has 0 aromatic heterocycles. The molecule has 0 aromatic rings. The predicted molar refractivity (Wildman–Crippen MR) is 55.7 cm³/mol. The number of carbonyl (C=O) groups excluding carboxylic acids is 2. The van der Waals surface area contributed by atoms with Gasteiger partial charge in [0.2, 0.25) is 0 Å². The average Bonchev–Trinajstić information content (AvgIpc) is 2.51. The van der Waals surface area contributed by atoms with Crippen LogP contribution in [0.4, 0.5) is 8.78 Å². The van der Waals surface area contributed by atoms with Gasteiger partial charge in [-0.2, -0.15) is 8.78 Å². The van der Waals surface area contributed by atoms with Crippen molar-refractivity contribution in [2.24, 2.45) is 0 Å². The molecule has 0 saturated carbocycles. The lowest BCUT2D eigenvalue weighted by atomic mass is 10.1. The summed E-state index contributed by atoms with van der Waals surface area (Å²) in [5.74, 6) is -1.85. The van der Waals surface area contributed by atoms with E-state index in [1.807, 2.05) is 0 Å². The topological polar surface area (TPSA) is 37.4 Å². The first kappa shape index (κ1) is 13.4. The minimum absolute atomic E-state index is 0.219. The van der Waals surface area contributed by atoms with Gasteiger partial charge in [0.25, 0.3) is 5.91 Å². The zero-order chi connectivity index (χ0) is 12.1. The summed E-state index contributed by atoms with van der Waals surface area (Å²) in [6, 6.07) is -0.762. The summed E-state index contributed by atoms with van der Waals surface area (Å²) in [4.78, 5) is 23.7. The van der Waals surface area contributed by atoms with Gasteiger partial charge in [-0.3, -0.25) is 9.59 Å². The van der Waals surface area contributed by atoms with Crippen LogP contribution >= 0.6 is 11.6 Å². The maximum atomic E-state index is 12.4. The van der Waals surface area contributed by atoms with Crippen molar-refractivity contribution >= 4 is 23.3 Å². The molecule has 1 fully saturated rings. The van der Waals surface area contributed by atoms with Crippen LogP contribution in [0.15, 0.2) is 0 Å². The van der Waals surface area contributed by atoms with E-state index < -0.39 is 18.4 Å². The highest BCUT2D eigenvalue weighted by molar-refractivity contribution is 6.28. The van der Waals surface area contributed by atoms with Crippen LogP contribution in [0.3, 0.4) is 0 Å². The lowest BCUT2D eigenvalue weighted by molar-refractivity contribution is -0.148. The monoisotopic (exact) mass is 253 g/mol. The van der Waals surface area contributed by atoms with Crippen molar-refractivity contribution in [3.8, 4) is 0 Å². The Morgan fingerprint density at radius 1 is 1.31 bits per heavy atom. The number of rotatable bonds is 3. The van der Waals surface area contributed by atoms with Crippen LogP contribution in [0.5, 0.6) is 0 Å². The van der Waals surface area contributed by atoms with E-state index in [1.165, 1.54) is 0 Å². The summed E-state index contributed by atoms with van der Waals surface area (Å²) in [6.07, 6.45) is -0.350. The molecule has 0 aromatic carbocycles. The molecule has 6 heteroatoms. The summed E-state index contributed by atoms with van der Waals surface area (Å²) < 4.78 is 24.7. The fraction of sp³-hybridized carbons (Fsp3) is 0.800. The van der Waals surface area contributed by atoms with Gasteiger partial charge in [-0.25, -0.2) is 0 Å². The fourth-order valence-corrected chi connectivity index (χ4v) is 2.10. The summed E-state index contributed by atoms with van der Waals surface area (Å²) in [5, 5.41) is 0. The summed E-state index contributed by atoms with van der Waals surface area (Å²) in [7, 11) is 0. The second-order valence-corrected chi connectivity index (χ2v) is 4.06. The standard InChI is InChI=1S/C10H14ClF2NO2/c11-6-8(15)7-4-2-1-3-5-14(7)10(16)9(12)13/h7,9H,1-6H2. The Kier molecular flexibility index (Phi) is 5.12. The lowest BCUT2D eigenvalue weighted by Gasteiger charge is -2.28. The molecule has 16 heavy (non-hydrogen) atoms. The van der Waals surface area contributed by atoms with E-state index >= 15 is 0 Å². The second-order valence-electron chi connectivity index (χ2n) is 3.80. The normalized spacial score (nSPS) is 22.0. The van der Waals surface area contributed by atoms with Gasteiger partial charge >= 0.3 is 6.43 Å². The van der Waals surface area contributed by atoms with E-state index in [2.05, 4.69) is 0 Å². The van der Waals surface area contributed by atoms with Gasteiger partial charge in [-0.05, 0) is 12.8 Å². The van der Waals surface area contributed by atoms with Crippen LogP contribution in [-0.2, 0) is 9.59 Å². The Balaban J connectivity index is 2.81. The second kappa shape index (κ2) is 6.13. The van der Waals surface area contributed by atoms with Crippen LogP contribution < -0.4 is 0 Å². The number of alkyl halides is 3. The number of carbonyl (C=O) groups is 2. The Labute approximate surface area is 97.7 Å². The minimum Gasteiger partial charge on any atom is -0.328 e. The Bertz CT molecular complexity index is 274. The molecule has 1 amide bonds. The number of likely N-dealkylation sites (tertiary alicyclic amines) is 1. The van der Waals surface area contributed by atoms with Gasteiger partial charge in [0.1, 0.15) is 0 Å². The molecule has 92 valence electrons. The first-order valence-corrected chi connectivity index (χ1v) is 5.78. The van der Waals surface area contributed by atoms with Crippen molar-refractivity contribution in [3.05, 3.63) is 0 Å². The lowest BCUT2D eigenvalue weighted by Crippen LogP contribution is -2.47. The smallest absolute Gasteiger partial charge is 0.315 e. The number of nitrogens with zero attached hydrogens (tertiary/aromatic N) is 1. The van der Waals surface area contributed by atoms with Gasteiger partial charge in [0, 0.05) is 6.54 Å². The highest BCUT2D eigenvalue weighted by atomic mass is 35.5. The van der Waals surface area contributed by atoms with Crippen molar-refractivity contribution < 1.29 is 18.4 Å². The molecular formula is C10H14ClF2NO2. The van der Waals surface area contributed by atoms with Crippen molar-refractivity contribution in [1.82, 2.24) is 4.90 Å². The van der Waals surface area contributed by atoms with E-state index in [0.29, 0.717) is 12.8 Å². The van der Waals surface area contributed by atoms with Crippen LogP contribution in [-0.4, -0.2) is 41.5 Å². The van der Waals surface area contributed by atoms with E-state index in [4.69, 9.17) is 11.6 Å². The average molecular weight is 254 g/mol. The Hall–Kier alpha value is -0.710. The number of halogens is 3. The molecular weight excluding hydrogens is 240 g/mol. The van der Waals surface area contributed by atoms with Crippen molar-refractivity contribution in [2.75, 3.05) is 12.4 Å². The SMILES string of the molecule is O=C(CCl)C1CCCCCN1C(=O)C(F)F. The molecule has 1 saturated heterocycles. The molecule has 0 aliphatic carbocycles. The Morgan fingerprint density at radius 2 is 2.00 bits per heavy atom. The number of hydrogen-bond acceptors (Lipinski definition) is 2. The maximum absolute atomic E-state index is 12.4. The molecule has 1 rings (SSSR count). The Morgan fingerprint density at radius 3 is 2.56 bits per heavy atom. The van der Waals surface area contributed by atoms with Gasteiger partial charge in [0.05, 0.1) is 11.9 Å². The van der Waals surface area contributed by atoms with Gasteiger partial charge < -0.3 is 4.90 Å². The molecule has 1 aliphatic heterocycles. The van der Waals surface area contributed by atoms with Crippen molar-refractivity contribution in [1.29, 1.82) is 0 Å². The zero-order valence-electron chi connectivity index (χ0n) is 8.79. The highest BCUT2D eigenvalue weighted by Crippen LogP contribution is 2.19. The van der Waals surface area contributed by atoms with Gasteiger partial charge in [-0.1, -0.05) is 12.8 Å². The van der Waals surface area contributed by atoms with E-state index in [1.54, 1.807) is 0 Å². The molecule has 0 spiro atoms. The zero-order valence-corrected chi connectivity index (χ0v) is 9.55. The fourth-order valence-electron chi connectivity index (χ4n) is 1.92. The largest absolute Gasteiger partial charge is 0.328 e. The van der Waals surface area contributed by atoms with Crippen molar-refractivity contribution in [2.45, 2.75) is 38.2 Å². The molecule has 1 heterocycles. The molecule has 3 nitrogen and oxygen atoms in total. The molecule has 0 bridgehead atoms. The van der Waals surface area contributed by atoms with E-state index in [9.17, 15) is 18.4 Å². The first-order chi connectivity index (χ1) is 7.57. The molecule has 1 unspecified atom stereocenters. The third-order valence-corrected chi connectivity index (χ3v) is 2.99. The summed E-state index contributed by atoms with van der Waals surface area (Å²) in [5.41, 5.74) is 0. The predicted octanol–water partition coefficient (Wildman–Crippen LogP) is 1.83. The number of Topliss-reactive ketones (excluding diaryl/α,β-unsaturated/α-hetero) is 1. The number of amides is 1. The number of ketones is 1. The number of hydrogen-bond donors (Lipinski definition) is 0. The summed E-state index contributed by atoms with van der Waals surface area (Å²) >= 11 is 5.41. The molecule has 1 aliphatic rings. The van der Waals surface area contributed by atoms with Gasteiger partial charge in [-0.15, -0.1) is 11.6 Å². The third-order valence-electron chi connectivity index (χ3n) is 2.73. The maximum Gasteiger partial charge on any atom is 0.315 e. The van der Waals surface area contributed by atoms with Crippen LogP contribution in [0.2, 0.25) is 0 Å². The quantitative estimate of drug-likeness (QED) is 0.720. The highest BCUT2D eigenvalue weighted by Gasteiger charge is 2.33. The molecule has 0 N–H and O–H groups in total. The summed E-state index contributed by atoms with van der Waals surface area (Å²) in [6.45, 7) is 0.219.